The minimum absolute atomic E-state index is 0.0361. The second-order valence-corrected chi connectivity index (χ2v) is 4.31. The molecule has 1 fully saturated rings. The van der Waals surface area contributed by atoms with Crippen LogP contribution in [0.3, 0.4) is 0 Å². The molecule has 0 saturated carbocycles. The van der Waals surface area contributed by atoms with E-state index < -0.39 is 5.97 Å². The van der Waals surface area contributed by atoms with Crippen LogP contribution in [0.5, 0.6) is 0 Å². The zero-order chi connectivity index (χ0) is 10.6. The van der Waals surface area contributed by atoms with Crippen LogP contribution in [-0.2, 0) is 9.59 Å². The Kier molecular flexibility index (Phi) is 4.21. The van der Waals surface area contributed by atoms with Gasteiger partial charge < -0.3 is 10.4 Å². The second-order valence-electron chi connectivity index (χ2n) is 3.28. The SMILES string of the molecule is CC(CC(=O)O)NC(=O)C1CSCN1. The number of amides is 1. The molecule has 0 aromatic carbocycles. The second kappa shape index (κ2) is 5.21. The van der Waals surface area contributed by atoms with E-state index in [0.29, 0.717) is 0 Å². The van der Waals surface area contributed by atoms with Gasteiger partial charge in [-0.3, -0.25) is 14.9 Å². The zero-order valence-corrected chi connectivity index (χ0v) is 8.76. The lowest BCUT2D eigenvalue weighted by molar-refractivity contribution is -0.137. The first-order valence-electron chi connectivity index (χ1n) is 4.43. The largest absolute Gasteiger partial charge is 0.481 e. The van der Waals surface area contributed by atoms with Gasteiger partial charge in [-0.2, -0.15) is 0 Å². The van der Waals surface area contributed by atoms with E-state index in [4.69, 9.17) is 5.11 Å². The number of rotatable bonds is 4. The van der Waals surface area contributed by atoms with Gasteiger partial charge in [0.1, 0.15) is 0 Å². The first kappa shape index (κ1) is 11.3. The van der Waals surface area contributed by atoms with Crippen LogP contribution in [0.4, 0.5) is 0 Å². The summed E-state index contributed by atoms with van der Waals surface area (Å²) in [4.78, 5) is 21.8. The van der Waals surface area contributed by atoms with E-state index in [-0.39, 0.29) is 24.4 Å². The fraction of sp³-hybridized carbons (Fsp3) is 0.750. The minimum atomic E-state index is -0.897. The Morgan fingerprint density at radius 3 is 2.93 bits per heavy atom. The third-order valence-electron chi connectivity index (χ3n) is 1.90. The molecule has 0 spiro atoms. The molecule has 0 aliphatic carbocycles. The molecule has 0 bridgehead atoms. The topological polar surface area (TPSA) is 78.4 Å². The number of carbonyl (C=O) groups excluding carboxylic acids is 1. The molecule has 14 heavy (non-hydrogen) atoms. The molecule has 1 rings (SSSR count). The van der Waals surface area contributed by atoms with E-state index in [0.717, 1.165) is 11.6 Å². The van der Waals surface area contributed by atoms with E-state index in [1.807, 2.05) is 0 Å². The molecule has 5 nitrogen and oxygen atoms in total. The van der Waals surface area contributed by atoms with Gasteiger partial charge in [0.2, 0.25) is 5.91 Å². The van der Waals surface area contributed by atoms with Crippen molar-refractivity contribution in [2.24, 2.45) is 0 Å². The van der Waals surface area contributed by atoms with Crippen molar-refractivity contribution in [2.45, 2.75) is 25.4 Å². The van der Waals surface area contributed by atoms with E-state index >= 15 is 0 Å². The number of thioether (sulfide) groups is 1. The smallest absolute Gasteiger partial charge is 0.305 e. The highest BCUT2D eigenvalue weighted by Gasteiger charge is 2.23. The molecule has 1 aliphatic heterocycles. The first-order valence-corrected chi connectivity index (χ1v) is 5.58. The van der Waals surface area contributed by atoms with Crippen LogP contribution in [0.2, 0.25) is 0 Å². The van der Waals surface area contributed by atoms with E-state index in [9.17, 15) is 9.59 Å². The average molecular weight is 218 g/mol. The highest BCUT2D eigenvalue weighted by Crippen LogP contribution is 2.09. The maximum Gasteiger partial charge on any atom is 0.305 e. The predicted molar refractivity (Wildman–Crippen MR) is 54.1 cm³/mol. The molecule has 0 aromatic rings. The van der Waals surface area contributed by atoms with Crippen molar-refractivity contribution in [2.75, 3.05) is 11.6 Å². The van der Waals surface area contributed by atoms with Gasteiger partial charge in [0.05, 0.1) is 12.5 Å². The van der Waals surface area contributed by atoms with Crippen LogP contribution in [0.25, 0.3) is 0 Å². The summed E-state index contributed by atoms with van der Waals surface area (Å²) >= 11 is 1.66. The Hall–Kier alpha value is -0.750. The van der Waals surface area contributed by atoms with Gasteiger partial charge in [-0.1, -0.05) is 0 Å². The number of nitrogens with one attached hydrogen (secondary N) is 2. The van der Waals surface area contributed by atoms with E-state index in [1.54, 1.807) is 18.7 Å². The lowest BCUT2D eigenvalue weighted by Gasteiger charge is -2.14. The molecule has 2 unspecified atom stereocenters. The summed E-state index contributed by atoms with van der Waals surface area (Å²) in [6, 6.07) is -0.483. The van der Waals surface area contributed by atoms with Gasteiger partial charge in [-0.15, -0.1) is 11.8 Å². The van der Waals surface area contributed by atoms with Gasteiger partial charge in [0.15, 0.2) is 0 Å². The van der Waals surface area contributed by atoms with Crippen LogP contribution in [-0.4, -0.2) is 40.7 Å². The number of carboxylic acids is 1. The third-order valence-corrected chi connectivity index (χ3v) is 2.84. The van der Waals surface area contributed by atoms with Crippen LogP contribution >= 0.6 is 11.8 Å². The Labute approximate surface area is 86.6 Å². The maximum atomic E-state index is 11.5. The molecule has 1 heterocycles. The van der Waals surface area contributed by atoms with Crippen molar-refractivity contribution >= 4 is 23.6 Å². The highest BCUT2D eigenvalue weighted by molar-refractivity contribution is 7.99. The Morgan fingerprint density at radius 1 is 1.71 bits per heavy atom. The van der Waals surface area contributed by atoms with Gasteiger partial charge in [0.25, 0.3) is 0 Å². The quantitative estimate of drug-likeness (QED) is 0.600. The van der Waals surface area contributed by atoms with E-state index in [2.05, 4.69) is 10.6 Å². The average Bonchev–Trinajstić information content (AvgIpc) is 2.53. The summed E-state index contributed by atoms with van der Waals surface area (Å²) in [5.41, 5.74) is 0. The lowest BCUT2D eigenvalue weighted by Crippen LogP contribution is -2.46. The molecular weight excluding hydrogens is 204 g/mol. The fourth-order valence-electron chi connectivity index (χ4n) is 1.22. The first-order chi connectivity index (χ1) is 6.59. The Balaban J connectivity index is 2.28. The number of hydrogen-bond acceptors (Lipinski definition) is 4. The van der Waals surface area contributed by atoms with Gasteiger partial charge in [0, 0.05) is 17.7 Å². The molecular formula is C8H14N2O3S. The van der Waals surface area contributed by atoms with Crippen molar-refractivity contribution in [3.63, 3.8) is 0 Å². The van der Waals surface area contributed by atoms with E-state index in [1.165, 1.54) is 0 Å². The molecule has 3 N–H and O–H groups in total. The van der Waals surface area contributed by atoms with Gasteiger partial charge in [-0.25, -0.2) is 0 Å². The highest BCUT2D eigenvalue weighted by atomic mass is 32.2. The summed E-state index contributed by atoms with van der Waals surface area (Å²) in [6.45, 7) is 1.69. The van der Waals surface area contributed by atoms with Crippen LogP contribution in [0, 0.1) is 0 Å². The van der Waals surface area contributed by atoms with Crippen LogP contribution in [0.15, 0.2) is 0 Å². The third kappa shape index (κ3) is 3.55. The van der Waals surface area contributed by atoms with Crippen molar-refractivity contribution in [1.82, 2.24) is 10.6 Å². The number of aliphatic carboxylic acids is 1. The van der Waals surface area contributed by atoms with Gasteiger partial charge in [-0.05, 0) is 6.92 Å². The summed E-state index contributed by atoms with van der Waals surface area (Å²) in [5.74, 6) is 0.534. The van der Waals surface area contributed by atoms with Crippen LogP contribution < -0.4 is 10.6 Å². The molecule has 0 radical (unpaired) electrons. The number of carboxylic acid groups (broad SMARTS) is 1. The predicted octanol–water partition coefficient (Wildman–Crippen LogP) is -0.372. The molecule has 1 amide bonds. The standard InChI is InChI=1S/C8H14N2O3S/c1-5(2-7(11)12)10-8(13)6-3-14-4-9-6/h5-6,9H,2-4H2,1H3,(H,10,13)(H,11,12). The van der Waals surface area contributed by atoms with Gasteiger partial charge >= 0.3 is 5.97 Å². The maximum absolute atomic E-state index is 11.5. The summed E-state index contributed by atoms with van der Waals surface area (Å²) in [6.07, 6.45) is -0.0361. The lowest BCUT2D eigenvalue weighted by atomic mass is 10.2. The Bertz CT molecular complexity index is 229. The number of carbonyl (C=O) groups is 2. The van der Waals surface area contributed by atoms with Crippen molar-refractivity contribution < 1.29 is 14.7 Å². The van der Waals surface area contributed by atoms with Crippen LogP contribution in [0.1, 0.15) is 13.3 Å². The zero-order valence-electron chi connectivity index (χ0n) is 7.95. The number of hydrogen-bond donors (Lipinski definition) is 3. The van der Waals surface area contributed by atoms with Crippen molar-refractivity contribution in [1.29, 1.82) is 0 Å². The van der Waals surface area contributed by atoms with Crippen molar-refractivity contribution in [3.8, 4) is 0 Å². The Morgan fingerprint density at radius 2 is 2.43 bits per heavy atom. The van der Waals surface area contributed by atoms with Crippen molar-refractivity contribution in [3.05, 3.63) is 0 Å². The normalized spacial score (nSPS) is 23.1. The molecule has 0 aromatic heterocycles. The summed E-state index contributed by atoms with van der Waals surface area (Å²) < 4.78 is 0. The summed E-state index contributed by atoms with van der Waals surface area (Å²) in [5, 5.41) is 14.2. The molecule has 1 saturated heterocycles. The monoisotopic (exact) mass is 218 g/mol. The minimum Gasteiger partial charge on any atom is -0.481 e. The fourth-order valence-corrected chi connectivity index (χ4v) is 2.16. The molecule has 2 atom stereocenters. The summed E-state index contributed by atoms with van der Waals surface area (Å²) in [7, 11) is 0. The molecule has 80 valence electrons. The molecule has 1 aliphatic rings. The molecule has 6 heteroatoms.